The second-order valence-corrected chi connectivity index (χ2v) is 31.7. The fourth-order valence-corrected chi connectivity index (χ4v) is 19.3. The SMILES string of the molecule is CC1OC(OC2C(C)OC(OC3C(OC(=O)C45CCC(C)(C)CC4C4=CCC6C7(C)CCC(OC8OC(C(=O)O)C(O)C(O)C8OC8OC(CO)C(O)C(OC9OC(C)C(O)C(O)C9O)C8O)C(C)(CO)C7CCC6(C)C4(C)CC5)OC(CO)C(O)C3O)C(O)C2O)C(O)C(O)C1O. The lowest BCUT2D eigenvalue weighted by Crippen LogP contribution is -2.68. The largest absolute Gasteiger partial charge is 0.479 e. The Morgan fingerprint density at radius 1 is 0.469 bits per heavy atom. The quantitative estimate of drug-likeness (QED) is 0.0395. The topological polar surface area (TPSA) is 509 Å². The Morgan fingerprint density at radius 2 is 0.969 bits per heavy atom. The Hall–Kier alpha value is -2.44. The number of carboxylic acid groups (broad SMARTS) is 1. The maximum Gasteiger partial charge on any atom is 0.335 e. The summed E-state index contributed by atoms with van der Waals surface area (Å²) in [6, 6.07) is 0. The van der Waals surface area contributed by atoms with E-state index in [1.165, 1.54) is 20.8 Å². The number of rotatable bonds is 16. The Labute approximate surface area is 567 Å². The van der Waals surface area contributed by atoms with Crippen molar-refractivity contribution in [3.63, 3.8) is 0 Å². The number of ether oxygens (including phenoxy) is 12. The maximum atomic E-state index is 15.6. The monoisotopic (exact) mass is 1410 g/mol. The van der Waals surface area contributed by atoms with Gasteiger partial charge in [0.1, 0.15) is 116 Å². The van der Waals surface area contributed by atoms with Gasteiger partial charge >= 0.3 is 11.9 Å². The second kappa shape index (κ2) is 28.5. The lowest BCUT2D eigenvalue weighted by molar-refractivity contribution is -0.389. The van der Waals surface area contributed by atoms with Crippen LogP contribution in [-0.2, 0) is 66.4 Å². The molecule has 0 spiro atoms. The number of carbonyl (C=O) groups excluding carboxylic acids is 1. The van der Waals surface area contributed by atoms with E-state index in [4.69, 9.17) is 56.8 Å². The summed E-state index contributed by atoms with van der Waals surface area (Å²) in [5.41, 5.74) is -2.95. The number of carbonyl (C=O) groups is 2. The van der Waals surface area contributed by atoms with Gasteiger partial charge in [-0.25, -0.2) is 4.79 Å². The first-order chi connectivity index (χ1) is 45.9. The molecule has 0 bridgehead atoms. The van der Waals surface area contributed by atoms with Crippen LogP contribution in [0.4, 0.5) is 0 Å². The molecule has 39 atom stereocenters. The van der Waals surface area contributed by atoms with Crippen LogP contribution in [0.5, 0.6) is 0 Å². The molecule has 32 nitrogen and oxygen atoms in total. The molecule has 4 saturated carbocycles. The minimum Gasteiger partial charge on any atom is -0.479 e. The van der Waals surface area contributed by atoms with E-state index in [0.717, 1.165) is 5.57 Å². The van der Waals surface area contributed by atoms with Crippen molar-refractivity contribution >= 4 is 11.9 Å². The summed E-state index contributed by atoms with van der Waals surface area (Å²) in [6.45, 7) is 15.0. The number of fused-ring (bicyclic) bond motifs is 7. The van der Waals surface area contributed by atoms with Crippen molar-refractivity contribution in [3.8, 4) is 0 Å². The molecule has 0 radical (unpaired) electrons. The molecule has 0 aromatic carbocycles. The first-order valence-electron chi connectivity index (χ1n) is 34.6. The van der Waals surface area contributed by atoms with Crippen LogP contribution >= 0.6 is 0 Å². The molecular weight excluding hydrogens is 1300 g/mol. The van der Waals surface area contributed by atoms with Crippen molar-refractivity contribution in [2.45, 2.75) is 317 Å². The molecule has 11 rings (SSSR count). The molecule has 0 amide bonds. The zero-order valence-electron chi connectivity index (χ0n) is 56.7. The molecule has 5 aliphatic carbocycles. The number of hydrogen-bond acceptors (Lipinski definition) is 31. The maximum absolute atomic E-state index is 15.6. The minimum absolute atomic E-state index is 0.0394. The van der Waals surface area contributed by atoms with Crippen molar-refractivity contribution in [1.82, 2.24) is 0 Å². The Kier molecular flexibility index (Phi) is 22.3. The standard InChI is InChI=1S/C66H106O32/c1-24-34(70)38(74)44(80)54(87-24)93-48-26(3)89-56(46(82)43(48)79)96-51-40(76)36(72)29(21-67)91-58(51)98-60(86)66-18-16-61(4,5)20-28(66)27-10-11-32-62(6)14-13-33(63(7,23-69)31(62)12-15-65(32,9)64(27,8)17-19-66)92-59-52(42(78)41(77)50(95-59)53(84)85)97-57-47(83)49(37(73)30(22-68)90-57)94-55-45(81)39(75)35(71)25(2)88-55/h10,24-26,28-52,54-59,67-83H,11-23H2,1-9H3,(H,84,85). The Balaban J connectivity index is 0.822. The Bertz CT molecular complexity index is 2820. The zero-order chi connectivity index (χ0) is 71.7. The number of aliphatic carboxylic acids is 1. The summed E-state index contributed by atoms with van der Waals surface area (Å²) >= 11 is 0. The summed E-state index contributed by atoms with van der Waals surface area (Å²) in [5, 5.41) is 198. The fraction of sp³-hybridized carbons (Fsp3) is 0.939. The highest BCUT2D eigenvalue weighted by Crippen LogP contribution is 2.76. The third kappa shape index (κ3) is 12.9. The molecule has 0 aromatic rings. The predicted octanol–water partition coefficient (Wildman–Crippen LogP) is -4.24. The van der Waals surface area contributed by atoms with E-state index >= 15 is 4.79 Å². The molecule has 98 heavy (non-hydrogen) atoms. The van der Waals surface area contributed by atoms with Gasteiger partial charge in [-0.2, -0.15) is 0 Å². The molecule has 0 aromatic heterocycles. The molecule has 6 saturated heterocycles. The van der Waals surface area contributed by atoms with E-state index < -0.39 is 255 Å². The van der Waals surface area contributed by atoms with Crippen LogP contribution in [0.3, 0.4) is 0 Å². The van der Waals surface area contributed by atoms with Crippen molar-refractivity contribution in [2.24, 2.45) is 50.2 Å². The van der Waals surface area contributed by atoms with Crippen LogP contribution in [0.25, 0.3) is 0 Å². The number of aliphatic hydroxyl groups is 17. The highest BCUT2D eigenvalue weighted by Gasteiger charge is 2.71. The number of hydrogen-bond donors (Lipinski definition) is 18. The van der Waals surface area contributed by atoms with E-state index in [1.54, 1.807) is 0 Å². The van der Waals surface area contributed by atoms with Gasteiger partial charge < -0.3 is 149 Å². The first-order valence-corrected chi connectivity index (χ1v) is 34.6. The van der Waals surface area contributed by atoms with Crippen LogP contribution in [0.15, 0.2) is 11.6 Å². The molecule has 10 fully saturated rings. The molecule has 562 valence electrons. The summed E-state index contributed by atoms with van der Waals surface area (Å²) in [4.78, 5) is 28.3. The van der Waals surface area contributed by atoms with Gasteiger partial charge in [0.15, 0.2) is 43.7 Å². The highest BCUT2D eigenvalue weighted by molar-refractivity contribution is 5.79. The average molecular weight is 1410 g/mol. The average Bonchev–Trinajstić information content (AvgIpc) is 0.674. The summed E-state index contributed by atoms with van der Waals surface area (Å²) in [7, 11) is 0. The van der Waals surface area contributed by atoms with Crippen molar-refractivity contribution in [2.75, 3.05) is 19.8 Å². The third-order valence-corrected chi connectivity index (χ3v) is 25.6. The summed E-state index contributed by atoms with van der Waals surface area (Å²) in [6.07, 6.45) is -45.5. The van der Waals surface area contributed by atoms with Crippen molar-refractivity contribution in [3.05, 3.63) is 11.6 Å². The van der Waals surface area contributed by atoms with Gasteiger partial charge in [-0.05, 0) is 124 Å². The van der Waals surface area contributed by atoms with Crippen LogP contribution in [0.1, 0.15) is 127 Å². The molecular formula is C66H106O32. The lowest BCUT2D eigenvalue weighted by Gasteiger charge is -2.71. The van der Waals surface area contributed by atoms with Crippen molar-refractivity contribution in [1.29, 1.82) is 0 Å². The second-order valence-electron chi connectivity index (χ2n) is 31.7. The molecule has 6 heterocycles. The van der Waals surface area contributed by atoms with Gasteiger partial charge in [-0.15, -0.1) is 0 Å². The van der Waals surface area contributed by atoms with Gasteiger partial charge in [0.05, 0.1) is 49.7 Å². The van der Waals surface area contributed by atoms with Gasteiger partial charge in [0.25, 0.3) is 0 Å². The summed E-state index contributed by atoms with van der Waals surface area (Å²) < 4.78 is 72.0. The van der Waals surface area contributed by atoms with Gasteiger partial charge in [0.2, 0.25) is 6.29 Å². The number of carboxylic acids is 1. The van der Waals surface area contributed by atoms with Crippen molar-refractivity contribution < 1.29 is 158 Å². The first kappa shape index (κ1) is 76.7. The van der Waals surface area contributed by atoms with Gasteiger partial charge in [-0.1, -0.05) is 53.2 Å². The van der Waals surface area contributed by atoms with Crippen LogP contribution in [0, 0.1) is 50.2 Å². The van der Waals surface area contributed by atoms with Gasteiger partial charge in [-0.3, -0.25) is 4.79 Å². The zero-order valence-corrected chi connectivity index (χ0v) is 56.7. The van der Waals surface area contributed by atoms with E-state index in [0.29, 0.717) is 57.8 Å². The molecule has 11 aliphatic rings. The molecule has 32 heteroatoms. The minimum atomic E-state index is -2.15. The van der Waals surface area contributed by atoms with E-state index in [2.05, 4.69) is 40.7 Å². The van der Waals surface area contributed by atoms with E-state index in [1.807, 2.05) is 6.92 Å². The third-order valence-electron chi connectivity index (χ3n) is 25.6. The Morgan fingerprint density at radius 3 is 1.55 bits per heavy atom. The summed E-state index contributed by atoms with van der Waals surface area (Å²) in [5.74, 6) is -3.06. The van der Waals surface area contributed by atoms with Crippen LogP contribution in [-0.4, -0.2) is 314 Å². The fourth-order valence-electron chi connectivity index (χ4n) is 19.3. The number of aliphatic hydroxyl groups excluding tert-OH is 17. The van der Waals surface area contributed by atoms with E-state index in [-0.39, 0.29) is 23.7 Å². The van der Waals surface area contributed by atoms with Crippen LogP contribution < -0.4 is 0 Å². The smallest absolute Gasteiger partial charge is 0.335 e. The molecule has 6 aliphatic heterocycles. The van der Waals surface area contributed by atoms with E-state index in [9.17, 15) is 96.7 Å². The lowest BCUT2D eigenvalue weighted by atomic mass is 9.33. The number of esters is 1. The predicted molar refractivity (Wildman–Crippen MR) is 326 cm³/mol. The number of allylic oxidation sites excluding steroid dienone is 2. The molecule has 39 unspecified atom stereocenters. The van der Waals surface area contributed by atoms with Gasteiger partial charge in [0, 0.05) is 5.41 Å². The normalized spacial score (nSPS) is 55.0. The highest BCUT2D eigenvalue weighted by atomic mass is 16.8. The molecule has 18 N–H and O–H groups in total. The van der Waals surface area contributed by atoms with Crippen LogP contribution in [0.2, 0.25) is 0 Å².